The average Bonchev–Trinajstić information content (AvgIpc) is 2.78. The first-order valence-electron chi connectivity index (χ1n) is 10.0. The number of carbonyl (C=O) groups excluding carboxylic acids is 3. The van der Waals surface area contributed by atoms with Gasteiger partial charge in [0, 0.05) is 6.42 Å². The number of amides is 2. The van der Waals surface area contributed by atoms with Gasteiger partial charge in [0.05, 0.1) is 0 Å². The van der Waals surface area contributed by atoms with Gasteiger partial charge in [0.1, 0.15) is 18.8 Å². The third-order valence-corrected chi connectivity index (χ3v) is 5.22. The van der Waals surface area contributed by atoms with Gasteiger partial charge in [0.2, 0.25) is 0 Å². The molecule has 158 valence electrons. The lowest BCUT2D eigenvalue weighted by Crippen LogP contribution is -2.63. The first-order valence-corrected chi connectivity index (χ1v) is 10.0. The van der Waals surface area contributed by atoms with Gasteiger partial charge in [-0.25, -0.2) is 20.0 Å². The van der Waals surface area contributed by atoms with Crippen LogP contribution in [-0.2, 0) is 27.5 Å². The molecule has 0 heterocycles. The molecular formula is C23H26N2O5. The second-order valence-electron chi connectivity index (χ2n) is 7.45. The summed E-state index contributed by atoms with van der Waals surface area (Å²) in [5.41, 5.74) is 2.87. The number of benzene rings is 2. The lowest BCUT2D eigenvalue weighted by Gasteiger charge is -2.40. The van der Waals surface area contributed by atoms with Crippen LogP contribution in [0, 0.1) is 0 Å². The van der Waals surface area contributed by atoms with E-state index in [1.54, 1.807) is 6.92 Å². The number of Topliss-reactive ketones (excluding diaryl/α,β-unsaturated/α-hetero) is 1. The Morgan fingerprint density at radius 1 is 0.933 bits per heavy atom. The van der Waals surface area contributed by atoms with Gasteiger partial charge in [-0.1, -0.05) is 67.1 Å². The summed E-state index contributed by atoms with van der Waals surface area (Å²) in [6.07, 6.45) is 0.694. The van der Waals surface area contributed by atoms with Crippen LogP contribution in [0.4, 0.5) is 9.59 Å². The van der Waals surface area contributed by atoms with Crippen LogP contribution in [0.2, 0.25) is 0 Å². The quantitative estimate of drug-likeness (QED) is 0.740. The molecular weight excluding hydrogens is 384 g/mol. The van der Waals surface area contributed by atoms with Gasteiger partial charge in [-0.2, -0.15) is 0 Å². The molecule has 7 heteroatoms. The normalized spacial score (nSPS) is 18.4. The summed E-state index contributed by atoms with van der Waals surface area (Å²) >= 11 is 0. The number of rotatable bonds is 5. The minimum atomic E-state index is -1.18. The molecule has 2 aromatic carbocycles. The Morgan fingerprint density at radius 3 is 2.07 bits per heavy atom. The molecule has 2 aromatic rings. The maximum Gasteiger partial charge on any atom is 0.430 e. The van der Waals surface area contributed by atoms with Crippen molar-refractivity contribution < 1.29 is 23.9 Å². The van der Waals surface area contributed by atoms with Crippen LogP contribution in [0.1, 0.15) is 43.7 Å². The molecule has 30 heavy (non-hydrogen) atoms. The van der Waals surface area contributed by atoms with E-state index in [2.05, 4.69) is 5.43 Å². The molecule has 1 aliphatic rings. The molecule has 2 amide bonds. The van der Waals surface area contributed by atoms with Crippen molar-refractivity contribution in [2.45, 2.75) is 51.4 Å². The zero-order valence-corrected chi connectivity index (χ0v) is 17.0. The highest BCUT2D eigenvalue weighted by Gasteiger charge is 2.45. The van der Waals surface area contributed by atoms with E-state index in [1.807, 2.05) is 60.7 Å². The van der Waals surface area contributed by atoms with E-state index in [-0.39, 0.29) is 19.0 Å². The van der Waals surface area contributed by atoms with E-state index in [9.17, 15) is 14.4 Å². The molecule has 0 spiro atoms. The van der Waals surface area contributed by atoms with Crippen molar-refractivity contribution in [3.63, 3.8) is 0 Å². The Kier molecular flexibility index (Phi) is 7.06. The SMILES string of the molecule is C[C@@]1(N(NC(=O)OCc2ccccc2)C(=O)OCc2ccccc2)CCCCC1=O. The second-order valence-corrected chi connectivity index (χ2v) is 7.45. The number of hydrazine groups is 1. The second kappa shape index (κ2) is 9.91. The molecule has 1 N–H and O–H groups in total. The van der Waals surface area contributed by atoms with Crippen LogP contribution in [0.5, 0.6) is 0 Å². The Balaban J connectivity index is 1.69. The standard InChI is InChI=1S/C23H26N2O5/c1-23(15-9-8-14-20(23)26)25(22(28)30-17-19-12-6-3-7-13-19)24-21(27)29-16-18-10-4-2-5-11-18/h2-7,10-13H,8-9,14-17H2,1H3,(H,24,27)/t23-/m1/s1. The summed E-state index contributed by atoms with van der Waals surface area (Å²) in [4.78, 5) is 37.9. The number of hydrogen-bond acceptors (Lipinski definition) is 5. The lowest BCUT2D eigenvalue weighted by molar-refractivity contribution is -0.134. The zero-order chi connectivity index (χ0) is 21.4. The van der Waals surface area contributed by atoms with Gasteiger partial charge in [0.25, 0.3) is 0 Å². The molecule has 3 rings (SSSR count). The molecule has 0 bridgehead atoms. The molecule has 1 aliphatic carbocycles. The average molecular weight is 410 g/mol. The van der Waals surface area contributed by atoms with E-state index in [0.29, 0.717) is 12.8 Å². The van der Waals surface area contributed by atoms with Crippen LogP contribution >= 0.6 is 0 Å². The van der Waals surface area contributed by atoms with Crippen LogP contribution in [0.3, 0.4) is 0 Å². The minimum Gasteiger partial charge on any atom is -0.443 e. The fraction of sp³-hybridized carbons (Fsp3) is 0.348. The maximum atomic E-state index is 12.9. The molecule has 1 saturated carbocycles. The number of nitrogens with one attached hydrogen (secondary N) is 1. The van der Waals surface area contributed by atoms with Crippen LogP contribution < -0.4 is 5.43 Å². The van der Waals surface area contributed by atoms with Gasteiger partial charge >= 0.3 is 12.2 Å². The van der Waals surface area contributed by atoms with Crippen LogP contribution in [-0.4, -0.2) is 28.5 Å². The number of ether oxygens (including phenoxy) is 2. The van der Waals surface area contributed by atoms with E-state index < -0.39 is 17.7 Å². The van der Waals surface area contributed by atoms with E-state index in [0.717, 1.165) is 29.0 Å². The van der Waals surface area contributed by atoms with Crippen molar-refractivity contribution in [1.82, 2.24) is 10.4 Å². The summed E-state index contributed by atoms with van der Waals surface area (Å²) in [6.45, 7) is 1.72. The molecule has 0 unspecified atom stereocenters. The Hall–Kier alpha value is -3.35. The first kappa shape index (κ1) is 21.4. The van der Waals surface area contributed by atoms with Crippen molar-refractivity contribution in [2.24, 2.45) is 0 Å². The molecule has 0 saturated heterocycles. The molecule has 1 atom stereocenters. The zero-order valence-electron chi connectivity index (χ0n) is 17.0. The van der Waals surface area contributed by atoms with Gasteiger partial charge in [-0.05, 0) is 30.9 Å². The fourth-order valence-electron chi connectivity index (χ4n) is 3.40. The predicted octanol–water partition coefficient (Wildman–Crippen LogP) is 4.37. The van der Waals surface area contributed by atoms with Crippen molar-refractivity contribution in [1.29, 1.82) is 0 Å². The Morgan fingerprint density at radius 2 is 1.50 bits per heavy atom. The van der Waals surface area contributed by atoms with Gasteiger partial charge in [-0.15, -0.1) is 0 Å². The summed E-state index contributed by atoms with van der Waals surface area (Å²) in [5, 5.41) is 0.991. The van der Waals surface area contributed by atoms with E-state index in [1.165, 1.54) is 0 Å². The Bertz CT molecular complexity index is 872. The van der Waals surface area contributed by atoms with Gasteiger partial charge in [-0.3, -0.25) is 4.79 Å². The summed E-state index contributed by atoms with van der Waals surface area (Å²) < 4.78 is 10.6. The van der Waals surface area contributed by atoms with Crippen molar-refractivity contribution in [3.05, 3.63) is 71.8 Å². The fourth-order valence-corrected chi connectivity index (χ4v) is 3.40. The maximum absolute atomic E-state index is 12.9. The predicted molar refractivity (Wildman–Crippen MR) is 110 cm³/mol. The number of nitrogens with zero attached hydrogens (tertiary/aromatic N) is 1. The first-order chi connectivity index (χ1) is 14.5. The van der Waals surface area contributed by atoms with Gasteiger partial charge < -0.3 is 9.47 Å². The molecule has 1 fully saturated rings. The Labute approximate surface area is 175 Å². The van der Waals surface area contributed by atoms with Crippen molar-refractivity contribution >= 4 is 18.0 Å². The van der Waals surface area contributed by atoms with Gasteiger partial charge in [0.15, 0.2) is 5.78 Å². The largest absolute Gasteiger partial charge is 0.443 e. The summed E-state index contributed by atoms with van der Waals surface area (Å²) in [6, 6.07) is 18.4. The molecule has 0 radical (unpaired) electrons. The lowest BCUT2D eigenvalue weighted by atomic mass is 9.81. The number of hydrogen-bond donors (Lipinski definition) is 1. The number of ketones is 1. The van der Waals surface area contributed by atoms with Crippen LogP contribution in [0.15, 0.2) is 60.7 Å². The highest BCUT2D eigenvalue weighted by Crippen LogP contribution is 2.30. The van der Waals surface area contributed by atoms with Crippen molar-refractivity contribution in [2.75, 3.05) is 0 Å². The van der Waals surface area contributed by atoms with Crippen molar-refractivity contribution in [3.8, 4) is 0 Å². The minimum absolute atomic E-state index is 0.0290. The van der Waals surface area contributed by atoms with E-state index >= 15 is 0 Å². The topological polar surface area (TPSA) is 84.9 Å². The highest BCUT2D eigenvalue weighted by molar-refractivity contribution is 5.92. The van der Waals surface area contributed by atoms with Crippen LogP contribution in [0.25, 0.3) is 0 Å². The molecule has 0 aliphatic heterocycles. The number of carbonyl (C=O) groups is 3. The van der Waals surface area contributed by atoms with E-state index in [4.69, 9.17) is 9.47 Å². The monoisotopic (exact) mass is 410 g/mol. The third-order valence-electron chi connectivity index (χ3n) is 5.22. The third kappa shape index (κ3) is 5.37. The molecule has 0 aromatic heterocycles. The molecule has 7 nitrogen and oxygen atoms in total. The smallest absolute Gasteiger partial charge is 0.430 e. The summed E-state index contributed by atoms with van der Waals surface area (Å²) in [7, 11) is 0. The summed E-state index contributed by atoms with van der Waals surface area (Å²) in [5.74, 6) is -0.117. The highest BCUT2D eigenvalue weighted by atomic mass is 16.6.